The van der Waals surface area contributed by atoms with Crippen LogP contribution in [0.1, 0.15) is 39.1 Å². The van der Waals surface area contributed by atoms with E-state index in [1.165, 1.54) is 35.5 Å². The van der Waals surface area contributed by atoms with E-state index in [0.29, 0.717) is 15.9 Å². The number of anilines is 1. The minimum absolute atomic E-state index is 0.174. The average Bonchev–Trinajstić information content (AvgIpc) is 2.94. The summed E-state index contributed by atoms with van der Waals surface area (Å²) in [6.07, 6.45) is 6.17. The number of nitrogens with one attached hydrogen (secondary N) is 1. The molecular weight excluding hydrogens is 318 g/mol. The Labute approximate surface area is 134 Å². The summed E-state index contributed by atoms with van der Waals surface area (Å²) in [7, 11) is 0. The van der Waals surface area contributed by atoms with Crippen molar-refractivity contribution >= 4 is 33.7 Å². The highest BCUT2D eigenvalue weighted by molar-refractivity contribution is 7.17. The van der Waals surface area contributed by atoms with Gasteiger partial charge in [-0.25, -0.2) is 4.98 Å². The third kappa shape index (κ3) is 2.55. The number of aromatic nitrogens is 4. The molecule has 4 rings (SSSR count). The fourth-order valence-corrected chi connectivity index (χ4v) is 3.94. The molecule has 1 aliphatic carbocycles. The van der Waals surface area contributed by atoms with Gasteiger partial charge in [-0.15, -0.1) is 10.2 Å². The van der Waals surface area contributed by atoms with Gasteiger partial charge in [-0.05, 0) is 31.9 Å². The van der Waals surface area contributed by atoms with Gasteiger partial charge in [0.2, 0.25) is 5.13 Å². The van der Waals surface area contributed by atoms with Crippen LogP contribution in [0, 0.1) is 6.92 Å². The number of nitrogens with zero attached hydrogens (tertiary/aromatic N) is 4. The van der Waals surface area contributed by atoms with E-state index in [2.05, 4.69) is 20.5 Å². The molecule has 22 heavy (non-hydrogen) atoms. The van der Waals surface area contributed by atoms with Crippen molar-refractivity contribution in [1.82, 2.24) is 19.7 Å². The Morgan fingerprint density at radius 3 is 2.77 bits per heavy atom. The van der Waals surface area contributed by atoms with E-state index in [4.69, 9.17) is 0 Å². The number of carbonyl (C=O) groups excluding carboxylic acids is 1. The molecule has 3 aromatic heterocycles. The second kappa shape index (κ2) is 5.29. The minimum atomic E-state index is -0.174. The first-order valence-corrected chi connectivity index (χ1v) is 8.59. The number of aryl methyl sites for hydroxylation is 1. The molecule has 3 heterocycles. The third-order valence-electron chi connectivity index (χ3n) is 3.40. The van der Waals surface area contributed by atoms with Gasteiger partial charge in [0, 0.05) is 18.3 Å². The van der Waals surface area contributed by atoms with Crippen LogP contribution in [0.5, 0.6) is 0 Å². The van der Waals surface area contributed by atoms with Crippen molar-refractivity contribution in [3.05, 3.63) is 40.1 Å². The molecule has 1 fully saturated rings. The van der Waals surface area contributed by atoms with Gasteiger partial charge in [0.1, 0.15) is 9.88 Å². The lowest BCUT2D eigenvalue weighted by atomic mass is 10.4. The van der Waals surface area contributed by atoms with Crippen LogP contribution in [0.15, 0.2) is 24.5 Å². The van der Waals surface area contributed by atoms with Gasteiger partial charge in [-0.3, -0.25) is 10.1 Å². The Bertz CT molecular complexity index is 816. The molecule has 1 N–H and O–H groups in total. The van der Waals surface area contributed by atoms with Gasteiger partial charge in [0.05, 0.1) is 5.69 Å². The predicted molar refractivity (Wildman–Crippen MR) is 86.0 cm³/mol. The number of carbonyl (C=O) groups is 1. The zero-order valence-corrected chi connectivity index (χ0v) is 13.4. The lowest BCUT2D eigenvalue weighted by Crippen LogP contribution is -2.11. The molecular formula is C14H13N5OS2. The maximum absolute atomic E-state index is 12.4. The molecule has 0 saturated heterocycles. The molecule has 8 heteroatoms. The zero-order chi connectivity index (χ0) is 15.1. The fourth-order valence-electron chi connectivity index (χ4n) is 2.10. The molecule has 0 spiro atoms. The van der Waals surface area contributed by atoms with Crippen molar-refractivity contribution in [3.63, 3.8) is 0 Å². The molecule has 0 atom stereocenters. The summed E-state index contributed by atoms with van der Waals surface area (Å²) in [5, 5.41) is 13.4. The number of rotatable bonds is 4. The Morgan fingerprint density at radius 1 is 1.27 bits per heavy atom. The van der Waals surface area contributed by atoms with Crippen LogP contribution < -0.4 is 5.32 Å². The molecule has 0 aromatic carbocycles. The van der Waals surface area contributed by atoms with Crippen LogP contribution in [0.25, 0.3) is 5.13 Å². The SMILES string of the molecule is Cc1nc(-n2cccc2)sc1C(=O)Nc1nnc(C2CC2)s1. The predicted octanol–water partition coefficient (Wildman–Crippen LogP) is 3.22. The number of thiazole rings is 1. The van der Waals surface area contributed by atoms with Gasteiger partial charge < -0.3 is 4.57 Å². The Morgan fingerprint density at radius 2 is 2.05 bits per heavy atom. The van der Waals surface area contributed by atoms with E-state index in [1.54, 1.807) is 0 Å². The smallest absolute Gasteiger partial charge is 0.269 e. The molecule has 112 valence electrons. The average molecular weight is 331 g/mol. The van der Waals surface area contributed by atoms with Crippen molar-refractivity contribution in [2.24, 2.45) is 0 Å². The van der Waals surface area contributed by atoms with Crippen molar-refractivity contribution in [2.45, 2.75) is 25.7 Å². The van der Waals surface area contributed by atoms with Crippen molar-refractivity contribution in [1.29, 1.82) is 0 Å². The van der Waals surface area contributed by atoms with Crippen LogP contribution >= 0.6 is 22.7 Å². The quantitative estimate of drug-likeness (QED) is 0.796. The number of hydrogen-bond donors (Lipinski definition) is 1. The maximum Gasteiger partial charge on any atom is 0.269 e. The lowest BCUT2D eigenvalue weighted by molar-refractivity contribution is 0.102. The first-order chi connectivity index (χ1) is 10.7. The zero-order valence-electron chi connectivity index (χ0n) is 11.8. The van der Waals surface area contributed by atoms with Crippen molar-refractivity contribution in [2.75, 3.05) is 5.32 Å². The minimum Gasteiger partial charge on any atom is -0.300 e. The van der Waals surface area contributed by atoms with Crippen molar-refractivity contribution < 1.29 is 4.79 Å². The third-order valence-corrected chi connectivity index (χ3v) is 5.58. The molecule has 6 nitrogen and oxygen atoms in total. The largest absolute Gasteiger partial charge is 0.300 e. The molecule has 1 aliphatic rings. The van der Waals surface area contributed by atoms with Crippen molar-refractivity contribution in [3.8, 4) is 5.13 Å². The van der Waals surface area contributed by atoms with Crippen LogP contribution in [0.2, 0.25) is 0 Å². The first kappa shape index (κ1) is 13.6. The molecule has 1 amide bonds. The van der Waals surface area contributed by atoms with Gasteiger partial charge in [-0.2, -0.15) is 0 Å². The molecule has 0 aliphatic heterocycles. The van der Waals surface area contributed by atoms with Crippen LogP contribution in [0.3, 0.4) is 0 Å². The van der Waals surface area contributed by atoms with Crippen LogP contribution in [0.4, 0.5) is 5.13 Å². The number of amides is 1. The summed E-state index contributed by atoms with van der Waals surface area (Å²) in [6, 6.07) is 3.86. The van der Waals surface area contributed by atoms with Gasteiger partial charge in [0.25, 0.3) is 5.91 Å². The number of hydrogen-bond acceptors (Lipinski definition) is 6. The normalized spacial score (nSPS) is 14.2. The summed E-state index contributed by atoms with van der Waals surface area (Å²) in [5.74, 6) is 0.375. The topological polar surface area (TPSA) is 72.7 Å². The van der Waals surface area contributed by atoms with E-state index < -0.39 is 0 Å². The fraction of sp³-hybridized carbons (Fsp3) is 0.286. The Kier molecular flexibility index (Phi) is 3.27. The van der Waals surface area contributed by atoms with Gasteiger partial charge >= 0.3 is 0 Å². The molecule has 0 radical (unpaired) electrons. The highest BCUT2D eigenvalue weighted by Crippen LogP contribution is 2.42. The van der Waals surface area contributed by atoms with E-state index in [0.717, 1.165) is 15.8 Å². The lowest BCUT2D eigenvalue weighted by Gasteiger charge is -1.98. The maximum atomic E-state index is 12.4. The second-order valence-electron chi connectivity index (χ2n) is 5.18. The highest BCUT2D eigenvalue weighted by atomic mass is 32.1. The van der Waals surface area contributed by atoms with Gasteiger partial charge in [-0.1, -0.05) is 22.7 Å². The van der Waals surface area contributed by atoms with E-state index in [1.807, 2.05) is 36.0 Å². The molecule has 1 saturated carbocycles. The molecule has 3 aromatic rings. The summed E-state index contributed by atoms with van der Waals surface area (Å²) in [5.41, 5.74) is 0.720. The van der Waals surface area contributed by atoms with E-state index in [-0.39, 0.29) is 5.91 Å². The standard InChI is InChI=1S/C14H13N5OS2/c1-8-10(21-14(15-8)19-6-2-3-7-19)11(20)16-13-18-17-12(22-13)9-4-5-9/h2-3,6-7,9H,4-5H2,1H3,(H,16,18,20). The van der Waals surface area contributed by atoms with E-state index in [9.17, 15) is 4.79 Å². The van der Waals surface area contributed by atoms with Gasteiger partial charge in [0.15, 0.2) is 5.13 Å². The molecule has 0 bridgehead atoms. The molecule has 0 unspecified atom stereocenters. The Balaban J connectivity index is 1.54. The van der Waals surface area contributed by atoms with E-state index >= 15 is 0 Å². The second-order valence-corrected chi connectivity index (χ2v) is 7.16. The van der Waals surface area contributed by atoms with Crippen LogP contribution in [-0.2, 0) is 0 Å². The van der Waals surface area contributed by atoms with Crippen LogP contribution in [-0.4, -0.2) is 25.7 Å². The summed E-state index contributed by atoms with van der Waals surface area (Å²) < 4.78 is 1.89. The highest BCUT2D eigenvalue weighted by Gasteiger charge is 2.28. The first-order valence-electron chi connectivity index (χ1n) is 6.96. The Hall–Kier alpha value is -2.06. The summed E-state index contributed by atoms with van der Waals surface area (Å²) in [6.45, 7) is 1.84. The summed E-state index contributed by atoms with van der Waals surface area (Å²) >= 11 is 2.83. The monoisotopic (exact) mass is 331 g/mol. The summed E-state index contributed by atoms with van der Waals surface area (Å²) in [4.78, 5) is 17.5.